The lowest BCUT2D eigenvalue weighted by Gasteiger charge is -2.12. The third-order valence-electron chi connectivity index (χ3n) is 3.39. The molecule has 0 saturated heterocycles. The third kappa shape index (κ3) is 5.06. The number of nitrogens with one attached hydrogen (secondary N) is 1. The molecule has 0 aliphatic carbocycles. The molecule has 0 aliphatic rings. The van der Waals surface area contributed by atoms with Crippen LogP contribution in [0.5, 0.6) is 5.75 Å². The average Bonchev–Trinajstić information content (AvgIpc) is 2.91. The Hall–Kier alpha value is -2.41. The number of anilines is 1. The fourth-order valence-electron chi connectivity index (χ4n) is 2.31. The average molecular weight is 347 g/mol. The molecule has 1 heterocycles. The van der Waals surface area contributed by atoms with Gasteiger partial charge in [-0.2, -0.15) is 0 Å². The van der Waals surface area contributed by atoms with Gasteiger partial charge in [-0.1, -0.05) is 19.9 Å². The second-order valence-corrected chi connectivity index (χ2v) is 6.66. The second kappa shape index (κ2) is 7.92. The van der Waals surface area contributed by atoms with Crippen LogP contribution in [0.25, 0.3) is 0 Å². The number of hydrogen-bond donors (Lipinski definition) is 2. The van der Waals surface area contributed by atoms with Gasteiger partial charge >= 0.3 is 0 Å². The van der Waals surface area contributed by atoms with E-state index in [2.05, 4.69) is 24.1 Å². The normalized spacial score (nSPS) is 10.7. The van der Waals surface area contributed by atoms with Gasteiger partial charge in [0.25, 0.3) is 5.91 Å². The first-order valence-electron chi connectivity index (χ1n) is 7.61. The van der Waals surface area contributed by atoms with Crippen molar-refractivity contribution in [3.05, 3.63) is 40.4 Å². The van der Waals surface area contributed by atoms with Crippen molar-refractivity contribution in [2.45, 2.75) is 33.1 Å². The second-order valence-electron chi connectivity index (χ2n) is 5.80. The van der Waals surface area contributed by atoms with Gasteiger partial charge in [-0.15, -0.1) is 11.3 Å². The first-order valence-corrected chi connectivity index (χ1v) is 8.49. The van der Waals surface area contributed by atoms with Crippen molar-refractivity contribution in [1.82, 2.24) is 4.98 Å². The minimum atomic E-state index is -0.457. The standard InChI is InChI=1S/C17H21N3O3S/c1-10(2)14-5-4-13(6-11(14)3)23-8-16(22)20-17-19-12(9-24-17)7-15(18)21/h4-6,9-10H,7-8H2,1-3H3,(H2,18,21)(H,19,20,22). The molecule has 0 aliphatic heterocycles. The van der Waals surface area contributed by atoms with Gasteiger partial charge < -0.3 is 10.5 Å². The summed E-state index contributed by atoms with van der Waals surface area (Å²) in [5.41, 5.74) is 8.05. The lowest BCUT2D eigenvalue weighted by atomic mass is 9.98. The van der Waals surface area contributed by atoms with Crippen LogP contribution >= 0.6 is 11.3 Å². The first kappa shape index (κ1) is 17.9. The van der Waals surface area contributed by atoms with Crippen LogP contribution in [0.2, 0.25) is 0 Å². The zero-order chi connectivity index (χ0) is 17.7. The number of carbonyl (C=O) groups is 2. The van der Waals surface area contributed by atoms with Crippen molar-refractivity contribution in [3.8, 4) is 5.75 Å². The molecule has 2 amide bonds. The highest BCUT2D eigenvalue weighted by Crippen LogP contribution is 2.23. The Bertz CT molecular complexity index is 740. The highest BCUT2D eigenvalue weighted by Gasteiger charge is 2.10. The van der Waals surface area contributed by atoms with Gasteiger partial charge in [-0.3, -0.25) is 14.9 Å². The van der Waals surface area contributed by atoms with E-state index in [9.17, 15) is 9.59 Å². The number of aromatic nitrogens is 1. The summed E-state index contributed by atoms with van der Waals surface area (Å²) in [7, 11) is 0. The quantitative estimate of drug-likeness (QED) is 0.805. The number of hydrogen-bond acceptors (Lipinski definition) is 5. The molecule has 128 valence electrons. The summed E-state index contributed by atoms with van der Waals surface area (Å²) in [5, 5.41) is 4.75. The monoisotopic (exact) mass is 347 g/mol. The lowest BCUT2D eigenvalue weighted by Crippen LogP contribution is -2.20. The molecule has 3 N–H and O–H groups in total. The van der Waals surface area contributed by atoms with E-state index in [0.717, 1.165) is 5.56 Å². The molecule has 24 heavy (non-hydrogen) atoms. The van der Waals surface area contributed by atoms with Crippen LogP contribution < -0.4 is 15.8 Å². The number of carbonyl (C=O) groups excluding carboxylic acids is 2. The fourth-order valence-corrected chi connectivity index (χ4v) is 3.04. The number of nitrogens with two attached hydrogens (primary N) is 1. The van der Waals surface area contributed by atoms with Gasteiger partial charge in [0.05, 0.1) is 12.1 Å². The maximum atomic E-state index is 11.9. The van der Waals surface area contributed by atoms with Gasteiger partial charge in [-0.25, -0.2) is 4.98 Å². The van der Waals surface area contributed by atoms with Crippen LogP contribution in [0.15, 0.2) is 23.6 Å². The van der Waals surface area contributed by atoms with E-state index in [0.29, 0.717) is 22.5 Å². The Kier molecular flexibility index (Phi) is 5.92. The molecule has 0 radical (unpaired) electrons. The summed E-state index contributed by atoms with van der Waals surface area (Å²) in [6.07, 6.45) is 0.0599. The molecular weight excluding hydrogens is 326 g/mol. The predicted octanol–water partition coefficient (Wildman–Crippen LogP) is 2.62. The van der Waals surface area contributed by atoms with Crippen LogP contribution in [-0.2, 0) is 16.0 Å². The molecule has 7 heteroatoms. The summed E-state index contributed by atoms with van der Waals surface area (Å²) in [6.45, 7) is 6.19. The summed E-state index contributed by atoms with van der Waals surface area (Å²) in [6, 6.07) is 5.81. The van der Waals surface area contributed by atoms with E-state index >= 15 is 0 Å². The Balaban J connectivity index is 1.88. The summed E-state index contributed by atoms with van der Waals surface area (Å²) in [4.78, 5) is 26.9. The van der Waals surface area contributed by atoms with Crippen LogP contribution in [0.4, 0.5) is 5.13 Å². The van der Waals surface area contributed by atoms with Crippen LogP contribution in [0.1, 0.15) is 36.6 Å². The maximum Gasteiger partial charge on any atom is 0.264 e. The van der Waals surface area contributed by atoms with E-state index in [1.165, 1.54) is 16.9 Å². The number of ether oxygens (including phenoxy) is 1. The Morgan fingerprint density at radius 1 is 1.38 bits per heavy atom. The molecule has 0 unspecified atom stereocenters. The SMILES string of the molecule is Cc1cc(OCC(=O)Nc2nc(CC(N)=O)cs2)ccc1C(C)C. The molecule has 0 spiro atoms. The number of rotatable bonds is 7. The van der Waals surface area contributed by atoms with Crippen molar-refractivity contribution in [3.63, 3.8) is 0 Å². The van der Waals surface area contributed by atoms with E-state index in [1.54, 1.807) is 5.38 Å². The largest absolute Gasteiger partial charge is 0.484 e. The maximum absolute atomic E-state index is 11.9. The van der Waals surface area contributed by atoms with Gasteiger partial charge in [0, 0.05) is 5.38 Å². The zero-order valence-electron chi connectivity index (χ0n) is 14.0. The number of primary amides is 1. The number of aryl methyl sites for hydroxylation is 1. The molecule has 6 nitrogen and oxygen atoms in total. The van der Waals surface area contributed by atoms with Crippen molar-refractivity contribution >= 4 is 28.3 Å². The smallest absolute Gasteiger partial charge is 0.264 e. The van der Waals surface area contributed by atoms with Crippen molar-refractivity contribution in [2.24, 2.45) is 5.73 Å². The first-order chi connectivity index (χ1) is 11.3. The molecule has 2 rings (SSSR count). The molecule has 0 bridgehead atoms. The Morgan fingerprint density at radius 2 is 2.12 bits per heavy atom. The molecular formula is C17H21N3O3S. The van der Waals surface area contributed by atoms with E-state index in [-0.39, 0.29) is 18.9 Å². The van der Waals surface area contributed by atoms with Gasteiger partial charge in [0.1, 0.15) is 5.75 Å². The van der Waals surface area contributed by atoms with Crippen LogP contribution in [0.3, 0.4) is 0 Å². The summed E-state index contributed by atoms with van der Waals surface area (Å²) < 4.78 is 5.52. The molecule has 1 aromatic carbocycles. The topological polar surface area (TPSA) is 94.3 Å². The number of benzene rings is 1. The Labute approximate surface area is 145 Å². The fraction of sp³-hybridized carbons (Fsp3) is 0.353. The molecule has 2 aromatic rings. The van der Waals surface area contributed by atoms with E-state index in [4.69, 9.17) is 10.5 Å². The minimum absolute atomic E-state index is 0.0599. The number of amides is 2. The van der Waals surface area contributed by atoms with Crippen LogP contribution in [0, 0.1) is 6.92 Å². The van der Waals surface area contributed by atoms with Gasteiger partial charge in [-0.05, 0) is 36.1 Å². The molecule has 0 atom stereocenters. The van der Waals surface area contributed by atoms with E-state index < -0.39 is 5.91 Å². The number of thiazole rings is 1. The highest BCUT2D eigenvalue weighted by atomic mass is 32.1. The third-order valence-corrected chi connectivity index (χ3v) is 4.19. The zero-order valence-corrected chi connectivity index (χ0v) is 14.8. The summed E-state index contributed by atoms with van der Waals surface area (Å²) >= 11 is 1.24. The summed E-state index contributed by atoms with van der Waals surface area (Å²) in [5.74, 6) is 0.338. The molecule has 0 fully saturated rings. The Morgan fingerprint density at radius 3 is 2.75 bits per heavy atom. The van der Waals surface area contributed by atoms with E-state index in [1.807, 2.05) is 25.1 Å². The molecule has 1 aromatic heterocycles. The predicted molar refractivity (Wildman–Crippen MR) is 94.4 cm³/mol. The molecule has 0 saturated carbocycles. The minimum Gasteiger partial charge on any atom is -0.484 e. The van der Waals surface area contributed by atoms with Crippen LogP contribution in [-0.4, -0.2) is 23.4 Å². The van der Waals surface area contributed by atoms with Gasteiger partial charge in [0.15, 0.2) is 11.7 Å². The number of nitrogens with zero attached hydrogens (tertiary/aromatic N) is 1. The van der Waals surface area contributed by atoms with Crippen molar-refractivity contribution in [1.29, 1.82) is 0 Å². The van der Waals surface area contributed by atoms with Gasteiger partial charge in [0.2, 0.25) is 5.91 Å². The van der Waals surface area contributed by atoms with Crippen molar-refractivity contribution < 1.29 is 14.3 Å². The highest BCUT2D eigenvalue weighted by molar-refractivity contribution is 7.13. The lowest BCUT2D eigenvalue weighted by molar-refractivity contribution is -0.118. The van der Waals surface area contributed by atoms with Crippen molar-refractivity contribution in [2.75, 3.05) is 11.9 Å².